The Labute approximate surface area is 209 Å². The summed E-state index contributed by atoms with van der Waals surface area (Å²) in [4.78, 5) is 27.2. The van der Waals surface area contributed by atoms with E-state index in [2.05, 4.69) is 4.72 Å². The highest BCUT2D eigenvalue weighted by molar-refractivity contribution is 7.89. The van der Waals surface area contributed by atoms with Gasteiger partial charge in [-0.05, 0) is 37.6 Å². The van der Waals surface area contributed by atoms with Gasteiger partial charge in [0.15, 0.2) is 0 Å². The highest BCUT2D eigenvalue weighted by Gasteiger charge is 2.43. The number of allylic oxidation sites excluding steroid dienone is 1. The number of nitrogens with one attached hydrogen (secondary N) is 1. The summed E-state index contributed by atoms with van der Waals surface area (Å²) >= 11 is 0. The molecule has 1 aliphatic rings. The van der Waals surface area contributed by atoms with Crippen molar-refractivity contribution < 1.29 is 27.5 Å². The lowest BCUT2D eigenvalue weighted by Crippen LogP contribution is -2.41. The van der Waals surface area contributed by atoms with Crippen LogP contribution >= 0.6 is 0 Å². The van der Waals surface area contributed by atoms with Crippen LogP contribution in [0.4, 0.5) is 5.69 Å². The average molecular weight is 511 g/mol. The topological polar surface area (TPSA) is 152 Å². The van der Waals surface area contributed by atoms with E-state index in [1.165, 1.54) is 24.3 Å². The van der Waals surface area contributed by atoms with Crippen LogP contribution in [0.15, 0.2) is 82.2 Å². The van der Waals surface area contributed by atoms with Gasteiger partial charge in [-0.3, -0.25) is 4.90 Å². The molecule has 10 nitrogen and oxygen atoms in total. The lowest BCUT2D eigenvalue weighted by Gasteiger charge is -2.36. The number of anilines is 1. The lowest BCUT2D eigenvalue weighted by atomic mass is 9.81. The van der Waals surface area contributed by atoms with Crippen LogP contribution < -0.4 is 15.4 Å². The molecule has 36 heavy (non-hydrogen) atoms. The van der Waals surface area contributed by atoms with E-state index in [0.29, 0.717) is 5.56 Å². The van der Waals surface area contributed by atoms with Gasteiger partial charge in [-0.25, -0.2) is 22.7 Å². The molecule has 1 atom stereocenters. The molecule has 0 aliphatic carbocycles. The number of nitrogens with two attached hydrogens (primary N) is 1. The fourth-order valence-corrected chi connectivity index (χ4v) is 5.24. The second-order valence-electron chi connectivity index (χ2n) is 8.11. The number of hydrogen-bond donors (Lipinski definition) is 2. The second-order valence-corrected chi connectivity index (χ2v) is 9.82. The van der Waals surface area contributed by atoms with Crippen molar-refractivity contribution in [1.29, 1.82) is 5.26 Å². The van der Waals surface area contributed by atoms with Gasteiger partial charge in [-0.2, -0.15) is 5.26 Å². The third-order valence-electron chi connectivity index (χ3n) is 5.39. The van der Waals surface area contributed by atoms with E-state index in [4.69, 9.17) is 15.2 Å². The van der Waals surface area contributed by atoms with Gasteiger partial charge in [0.2, 0.25) is 10.0 Å². The Morgan fingerprint density at radius 2 is 1.69 bits per heavy atom. The average Bonchev–Trinajstić information content (AvgIpc) is 2.86. The molecular weight excluding hydrogens is 484 g/mol. The lowest BCUT2D eigenvalue weighted by molar-refractivity contribution is -0.139. The molecule has 11 heteroatoms. The molecule has 0 fully saturated rings. The highest BCUT2D eigenvalue weighted by Crippen LogP contribution is 2.43. The number of carbonyl (C=O) groups is 2. The third kappa shape index (κ3) is 4.95. The maximum atomic E-state index is 13.1. The van der Waals surface area contributed by atoms with Gasteiger partial charge in [0, 0.05) is 11.7 Å². The molecule has 0 saturated carbocycles. The SMILES string of the molecule is COC(=O)C1=C(C(=O)OC)N(c2cccc(S(=O)(=O)NC(C)C)c2)C(N)=C(C#N)C1c1ccccc1. The van der Waals surface area contributed by atoms with E-state index < -0.39 is 27.9 Å². The van der Waals surface area contributed by atoms with E-state index in [0.717, 1.165) is 19.1 Å². The van der Waals surface area contributed by atoms with Crippen molar-refractivity contribution in [1.82, 2.24) is 4.72 Å². The first-order valence-electron chi connectivity index (χ1n) is 10.8. The summed E-state index contributed by atoms with van der Waals surface area (Å²) in [6.07, 6.45) is 0. The van der Waals surface area contributed by atoms with Gasteiger partial charge in [0.1, 0.15) is 11.5 Å². The van der Waals surface area contributed by atoms with Crippen molar-refractivity contribution in [3.05, 3.63) is 82.8 Å². The van der Waals surface area contributed by atoms with Crippen LogP contribution in [-0.2, 0) is 29.1 Å². The Morgan fingerprint density at radius 1 is 1.06 bits per heavy atom. The van der Waals surface area contributed by atoms with Gasteiger partial charge >= 0.3 is 11.9 Å². The number of hydrogen-bond acceptors (Lipinski definition) is 9. The number of nitrogens with zero attached hydrogens (tertiary/aromatic N) is 2. The number of esters is 2. The van der Waals surface area contributed by atoms with Gasteiger partial charge in [0.05, 0.1) is 42.2 Å². The van der Waals surface area contributed by atoms with Crippen molar-refractivity contribution in [3.63, 3.8) is 0 Å². The minimum absolute atomic E-state index is 0.0252. The standard InChI is InChI=1S/C25H26N4O6S/c1-15(2)28-36(32,33)18-12-8-11-17(13-18)29-22(25(31)35-4)21(24(30)34-3)20(19(14-26)23(29)27)16-9-6-5-7-10-16/h5-13,15,20,28H,27H2,1-4H3. The maximum Gasteiger partial charge on any atom is 0.355 e. The molecular formula is C25H26N4O6S. The van der Waals surface area contributed by atoms with E-state index in [-0.39, 0.29) is 39.3 Å². The van der Waals surface area contributed by atoms with Gasteiger partial charge in [-0.15, -0.1) is 0 Å². The van der Waals surface area contributed by atoms with E-state index in [9.17, 15) is 23.3 Å². The van der Waals surface area contributed by atoms with Crippen LogP contribution in [0.1, 0.15) is 25.3 Å². The normalized spacial score (nSPS) is 16.1. The number of nitriles is 1. The summed E-state index contributed by atoms with van der Waals surface area (Å²) < 4.78 is 38.1. The predicted molar refractivity (Wildman–Crippen MR) is 131 cm³/mol. The molecule has 0 bridgehead atoms. The fourth-order valence-electron chi connectivity index (χ4n) is 3.95. The Bertz CT molecular complexity index is 1390. The molecule has 0 spiro atoms. The third-order valence-corrected chi connectivity index (χ3v) is 7.04. The van der Waals surface area contributed by atoms with Crippen LogP contribution in [0.25, 0.3) is 0 Å². The molecule has 188 valence electrons. The van der Waals surface area contributed by atoms with E-state index >= 15 is 0 Å². The Kier molecular flexibility index (Phi) is 7.82. The molecule has 1 heterocycles. The quantitative estimate of drug-likeness (QED) is 0.534. The summed E-state index contributed by atoms with van der Waals surface area (Å²) in [5, 5.41) is 10.1. The highest BCUT2D eigenvalue weighted by atomic mass is 32.2. The molecule has 2 aromatic carbocycles. The minimum atomic E-state index is -3.91. The predicted octanol–water partition coefficient (Wildman–Crippen LogP) is 2.27. The first-order valence-corrected chi connectivity index (χ1v) is 12.3. The molecule has 0 amide bonds. The van der Waals surface area contributed by atoms with Crippen LogP contribution in [0.5, 0.6) is 0 Å². The number of benzene rings is 2. The van der Waals surface area contributed by atoms with Crippen LogP contribution in [0, 0.1) is 11.3 Å². The number of carbonyl (C=O) groups excluding carboxylic acids is 2. The monoisotopic (exact) mass is 510 g/mol. The van der Waals surface area contributed by atoms with Crippen molar-refractivity contribution in [3.8, 4) is 6.07 Å². The molecule has 0 radical (unpaired) electrons. The number of ether oxygens (including phenoxy) is 2. The first kappa shape index (κ1) is 26.5. The Balaban J connectivity index is 2.37. The molecule has 1 unspecified atom stereocenters. The summed E-state index contributed by atoms with van der Waals surface area (Å²) in [7, 11) is -1.63. The smallest absolute Gasteiger partial charge is 0.355 e. The Hall–Kier alpha value is -4.14. The van der Waals surface area contributed by atoms with Gasteiger partial charge in [0.25, 0.3) is 0 Å². The zero-order chi connectivity index (χ0) is 26.6. The fraction of sp³-hybridized carbons (Fsp3) is 0.240. The molecule has 3 N–H and O–H groups in total. The van der Waals surface area contributed by atoms with Crippen LogP contribution in [0.3, 0.4) is 0 Å². The van der Waals surface area contributed by atoms with Crippen molar-refractivity contribution in [2.75, 3.05) is 19.1 Å². The summed E-state index contributed by atoms with van der Waals surface area (Å²) in [5.41, 5.74) is 6.61. The zero-order valence-corrected chi connectivity index (χ0v) is 21.0. The van der Waals surface area contributed by atoms with Crippen molar-refractivity contribution in [2.24, 2.45) is 5.73 Å². The molecule has 3 rings (SSSR count). The van der Waals surface area contributed by atoms with Crippen molar-refractivity contribution in [2.45, 2.75) is 30.7 Å². The molecule has 1 aliphatic heterocycles. The Morgan fingerprint density at radius 3 is 2.25 bits per heavy atom. The van der Waals surface area contributed by atoms with Crippen LogP contribution in [-0.4, -0.2) is 40.6 Å². The summed E-state index contributed by atoms with van der Waals surface area (Å²) in [6, 6.07) is 15.9. The maximum absolute atomic E-state index is 13.1. The number of sulfonamides is 1. The summed E-state index contributed by atoms with van der Waals surface area (Å²) in [5.74, 6) is -2.99. The number of methoxy groups -OCH3 is 2. The second kappa shape index (κ2) is 10.6. The summed E-state index contributed by atoms with van der Waals surface area (Å²) in [6.45, 7) is 3.35. The van der Waals surface area contributed by atoms with E-state index in [1.807, 2.05) is 6.07 Å². The minimum Gasteiger partial charge on any atom is -0.466 e. The largest absolute Gasteiger partial charge is 0.466 e. The molecule has 0 aromatic heterocycles. The van der Waals surface area contributed by atoms with Crippen molar-refractivity contribution >= 4 is 27.6 Å². The zero-order valence-electron chi connectivity index (χ0n) is 20.2. The van der Waals surface area contributed by atoms with E-state index in [1.54, 1.807) is 44.2 Å². The molecule has 2 aromatic rings. The molecule has 0 saturated heterocycles. The van der Waals surface area contributed by atoms with Gasteiger partial charge < -0.3 is 15.2 Å². The van der Waals surface area contributed by atoms with Gasteiger partial charge in [-0.1, -0.05) is 36.4 Å². The first-order chi connectivity index (χ1) is 17.1. The van der Waals surface area contributed by atoms with Crippen LogP contribution in [0.2, 0.25) is 0 Å². The number of rotatable bonds is 7.